The number of allylic oxidation sites excluding steroid dienone is 7. The number of hydrogen-bond acceptors (Lipinski definition) is 6. The van der Waals surface area contributed by atoms with E-state index in [1.165, 1.54) is 0 Å². The second-order valence-electron chi connectivity index (χ2n) is 10.8. The summed E-state index contributed by atoms with van der Waals surface area (Å²) in [6.45, 7) is 36.3. The van der Waals surface area contributed by atoms with Crippen molar-refractivity contribution in [1.82, 2.24) is 0 Å². The zero-order valence-electron chi connectivity index (χ0n) is 26.8. The smallest absolute Gasteiger partial charge is 0.270 e. The lowest BCUT2D eigenvalue weighted by molar-refractivity contribution is 0.134. The number of benzene rings is 3. The Balaban J connectivity index is 1.82. The predicted molar refractivity (Wildman–Crippen MR) is 185 cm³/mol. The van der Waals surface area contributed by atoms with Gasteiger partial charge in [-0.05, 0) is 99.3 Å². The van der Waals surface area contributed by atoms with Gasteiger partial charge in [-0.1, -0.05) is 24.3 Å². The molecule has 0 amide bonds. The topological polar surface area (TPSA) is 131 Å². The summed E-state index contributed by atoms with van der Waals surface area (Å²) in [5.74, 6) is 0. The minimum Gasteiger partial charge on any atom is -0.378 e. The molecule has 0 radical (unpaired) electrons. The average Bonchev–Trinajstić information content (AvgIpc) is 3.64. The summed E-state index contributed by atoms with van der Waals surface area (Å²) in [7, 11) is 0. The summed E-state index contributed by atoms with van der Waals surface area (Å²) in [6, 6.07) is 21.6. The monoisotopic (exact) mass is 646 g/mol. The van der Waals surface area contributed by atoms with Crippen LogP contribution in [0.15, 0.2) is 59.9 Å². The van der Waals surface area contributed by atoms with E-state index in [4.69, 9.17) is 35.8 Å². The molecule has 0 N–H and O–H groups in total. The summed E-state index contributed by atoms with van der Waals surface area (Å²) in [4.78, 5) is 14.4. The second kappa shape index (κ2) is 14.5. The van der Waals surface area contributed by atoms with Gasteiger partial charge in [0.1, 0.15) is 6.07 Å². The molecule has 0 aromatic heterocycles. The van der Waals surface area contributed by atoms with E-state index in [9.17, 15) is 21.0 Å². The lowest BCUT2D eigenvalue weighted by Crippen LogP contribution is -1.99. The van der Waals surface area contributed by atoms with Crippen molar-refractivity contribution in [2.45, 2.75) is 27.1 Å². The third-order valence-corrected chi connectivity index (χ3v) is 8.25. The highest BCUT2D eigenvalue weighted by Crippen LogP contribution is 2.53. The normalized spacial score (nSPS) is 14.4. The Labute approximate surface area is 289 Å². The maximum Gasteiger partial charge on any atom is 0.270 e. The molecule has 0 bridgehead atoms. The van der Waals surface area contributed by atoms with Crippen molar-refractivity contribution in [2.75, 3.05) is 13.2 Å². The Morgan fingerprint density at radius 1 is 0.660 bits per heavy atom. The molecule has 3 aromatic carbocycles. The van der Waals surface area contributed by atoms with E-state index in [-0.39, 0.29) is 52.7 Å². The Morgan fingerprint density at radius 3 is 1.78 bits per heavy atom. The van der Waals surface area contributed by atoms with Crippen LogP contribution in [0.2, 0.25) is 0 Å². The van der Waals surface area contributed by atoms with E-state index >= 15 is 0 Å². The molecule has 2 aliphatic rings. The van der Waals surface area contributed by atoms with Crippen LogP contribution in [0, 0.1) is 71.6 Å². The zero-order chi connectivity index (χ0) is 35.9. The van der Waals surface area contributed by atoms with Crippen molar-refractivity contribution < 1.29 is 9.47 Å². The number of fused-ring (bicyclic) bond motifs is 2. The van der Waals surface area contributed by atoms with Gasteiger partial charge in [0.15, 0.2) is 5.69 Å². The molecule has 234 valence electrons. The van der Waals surface area contributed by atoms with Crippen LogP contribution in [0.25, 0.3) is 52.9 Å². The first-order valence-corrected chi connectivity index (χ1v) is 15.1. The Kier molecular flexibility index (Phi) is 9.79. The summed E-state index contributed by atoms with van der Waals surface area (Å²) in [5, 5.41) is 40.6. The van der Waals surface area contributed by atoms with Crippen LogP contribution >= 0.6 is 0 Å². The fourth-order valence-electron chi connectivity index (χ4n) is 6.14. The Hall–Kier alpha value is -7.54. The third kappa shape index (κ3) is 5.56. The molecule has 50 heavy (non-hydrogen) atoms. The van der Waals surface area contributed by atoms with Gasteiger partial charge in [0.2, 0.25) is 5.70 Å². The van der Waals surface area contributed by atoms with Crippen molar-refractivity contribution in [1.29, 1.82) is 21.0 Å². The van der Waals surface area contributed by atoms with E-state index in [1.54, 1.807) is 48.5 Å². The maximum absolute atomic E-state index is 10.5. The highest BCUT2D eigenvalue weighted by atomic mass is 16.5. The molecular formula is C40H22N8O2. The molecule has 0 atom stereocenters. The minimum absolute atomic E-state index is 0.114. The summed E-state index contributed by atoms with van der Waals surface area (Å²) in [6.07, 6.45) is 0. The van der Waals surface area contributed by atoms with E-state index in [0.29, 0.717) is 74.4 Å². The van der Waals surface area contributed by atoms with Gasteiger partial charge in [-0.3, -0.25) is 0 Å². The quantitative estimate of drug-likeness (QED) is 0.178. The number of nitriles is 4. The van der Waals surface area contributed by atoms with E-state index in [2.05, 4.69) is 31.5 Å². The molecule has 0 saturated carbocycles. The molecule has 0 fully saturated rings. The van der Waals surface area contributed by atoms with Crippen molar-refractivity contribution in [3.05, 3.63) is 156 Å². The van der Waals surface area contributed by atoms with Crippen molar-refractivity contribution in [2.24, 2.45) is 0 Å². The third-order valence-electron chi connectivity index (χ3n) is 8.25. The van der Waals surface area contributed by atoms with Gasteiger partial charge in [0, 0.05) is 18.8 Å². The van der Waals surface area contributed by atoms with Gasteiger partial charge in [0.25, 0.3) is 11.4 Å². The van der Waals surface area contributed by atoms with Gasteiger partial charge in [-0.15, -0.1) is 0 Å². The highest BCUT2D eigenvalue weighted by Gasteiger charge is 2.34. The molecule has 10 nitrogen and oxygen atoms in total. The molecule has 5 rings (SSSR count). The number of nitrogens with zero attached hydrogens (tertiary/aromatic N) is 8. The molecule has 0 saturated heterocycles. The fraction of sp³-hybridized carbons (Fsp3) is 0.150. The molecule has 3 aromatic rings. The molecule has 0 heterocycles. The summed E-state index contributed by atoms with van der Waals surface area (Å²) in [5.41, 5.74) is 5.00. The lowest BCUT2D eigenvalue weighted by atomic mass is 9.89. The van der Waals surface area contributed by atoms with Crippen LogP contribution in [-0.2, 0) is 22.7 Å². The van der Waals surface area contributed by atoms with Crippen molar-refractivity contribution in [3.8, 4) is 24.3 Å². The van der Waals surface area contributed by atoms with E-state index in [1.807, 2.05) is 26.0 Å². The highest BCUT2D eigenvalue weighted by molar-refractivity contribution is 6.27. The molecule has 0 unspecified atom stereocenters. The SMILES string of the molecule is [C-]#[N+]C1=C(c2cccc(C3=C(C#N)c4cc([N+]#[C-])c(COCC)cc4/C3=C(/C#N)[N+]#[C-])c2)/C(=C(/C#N)[N+]#[C-])c2cc(COCC)c(C#N)cc21. The van der Waals surface area contributed by atoms with Gasteiger partial charge in [-0.25, -0.2) is 29.9 Å². The molecule has 2 aliphatic carbocycles. The Bertz CT molecular complexity index is 2290. The fourth-order valence-corrected chi connectivity index (χ4v) is 6.14. The summed E-state index contributed by atoms with van der Waals surface area (Å²) >= 11 is 0. The first-order valence-electron chi connectivity index (χ1n) is 15.1. The zero-order valence-corrected chi connectivity index (χ0v) is 26.8. The predicted octanol–water partition coefficient (Wildman–Crippen LogP) is 8.74. The first-order chi connectivity index (χ1) is 24.4. The standard InChI is InChI=1S/C40H22N8O2/c1-7-49-21-26-14-30-31(13-25(26)17-41)40(48-6)37(39(30)35(20-44)47-5)24-11-9-10-23(12-24)36-32(18-42)28-16-33(45-3)27(22-50-8-2)15-29(28)38(36)34(19-43)46-4/h9-16H,7-8,21-22H2,1-2H3/b38-34+,39-35-. The molecule has 10 heteroatoms. The first kappa shape index (κ1) is 33.8. The van der Waals surface area contributed by atoms with Crippen molar-refractivity contribution in [3.63, 3.8) is 0 Å². The maximum atomic E-state index is 10.5. The van der Waals surface area contributed by atoms with Crippen LogP contribution in [0.4, 0.5) is 5.69 Å². The van der Waals surface area contributed by atoms with Gasteiger partial charge >= 0.3 is 0 Å². The number of rotatable bonds is 8. The lowest BCUT2D eigenvalue weighted by Gasteiger charge is -2.14. The van der Waals surface area contributed by atoms with Crippen LogP contribution in [0.5, 0.6) is 0 Å². The number of hydrogen-bond donors (Lipinski definition) is 0. The number of ether oxygens (including phenoxy) is 2. The van der Waals surface area contributed by atoms with Crippen LogP contribution in [0.3, 0.4) is 0 Å². The second-order valence-corrected chi connectivity index (χ2v) is 10.8. The van der Waals surface area contributed by atoms with Crippen LogP contribution in [0.1, 0.15) is 63.9 Å². The average molecular weight is 647 g/mol. The van der Waals surface area contributed by atoms with Crippen LogP contribution < -0.4 is 0 Å². The van der Waals surface area contributed by atoms with Gasteiger partial charge < -0.3 is 9.47 Å². The largest absolute Gasteiger partial charge is 0.378 e. The Morgan fingerprint density at radius 2 is 1.24 bits per heavy atom. The molecule has 0 aliphatic heterocycles. The van der Waals surface area contributed by atoms with Gasteiger partial charge in [0.05, 0.1) is 68.8 Å². The van der Waals surface area contributed by atoms with E-state index in [0.717, 1.165) is 0 Å². The molecular weight excluding hydrogens is 624 g/mol. The van der Waals surface area contributed by atoms with Crippen molar-refractivity contribution >= 4 is 39.2 Å². The summed E-state index contributed by atoms with van der Waals surface area (Å²) < 4.78 is 11.2. The molecule has 0 spiro atoms. The van der Waals surface area contributed by atoms with E-state index < -0.39 is 0 Å². The minimum atomic E-state index is -0.254. The van der Waals surface area contributed by atoms with Crippen LogP contribution in [-0.4, -0.2) is 13.2 Å². The van der Waals surface area contributed by atoms with Gasteiger partial charge in [-0.2, -0.15) is 10.5 Å².